The number of unbranched alkanes of at least 4 members (excludes halogenated alkanes) is 1. The molecule has 1 unspecified atom stereocenters. The summed E-state index contributed by atoms with van der Waals surface area (Å²) in [7, 11) is 0. The highest BCUT2D eigenvalue weighted by Crippen LogP contribution is 2.08. The van der Waals surface area contributed by atoms with Crippen LogP contribution in [0.5, 0.6) is 0 Å². The average Bonchev–Trinajstić information content (AvgIpc) is 2.30. The molecular formula is C12H23NO2S. The molecular weight excluding hydrogens is 222 g/mol. The number of hydrogen-bond acceptors (Lipinski definition) is 3. The molecule has 0 bridgehead atoms. The van der Waals surface area contributed by atoms with Crippen molar-refractivity contribution in [2.24, 2.45) is 0 Å². The second-order valence-electron chi connectivity index (χ2n) is 4.20. The number of amides is 1. The maximum atomic E-state index is 11.6. The molecule has 0 aromatic heterocycles. The van der Waals surface area contributed by atoms with Gasteiger partial charge in [0.1, 0.15) is 0 Å². The van der Waals surface area contributed by atoms with E-state index >= 15 is 0 Å². The number of hydrogen-bond donors (Lipinski definition) is 1. The molecule has 1 N–H and O–H groups in total. The van der Waals surface area contributed by atoms with Crippen LogP contribution in [0.2, 0.25) is 0 Å². The van der Waals surface area contributed by atoms with Gasteiger partial charge in [0.05, 0.1) is 12.6 Å². The van der Waals surface area contributed by atoms with E-state index in [9.17, 15) is 4.79 Å². The van der Waals surface area contributed by atoms with Crippen LogP contribution in [0.25, 0.3) is 0 Å². The lowest BCUT2D eigenvalue weighted by Gasteiger charge is -2.23. The fourth-order valence-corrected chi connectivity index (χ4v) is 2.69. The zero-order chi connectivity index (χ0) is 11.6. The zero-order valence-electron chi connectivity index (χ0n) is 10.2. The third-order valence-corrected chi connectivity index (χ3v) is 3.71. The van der Waals surface area contributed by atoms with Crippen molar-refractivity contribution >= 4 is 17.7 Å². The van der Waals surface area contributed by atoms with Gasteiger partial charge in [0, 0.05) is 18.8 Å². The first kappa shape index (κ1) is 13.8. The predicted octanol–water partition coefficient (Wildman–Crippen LogP) is 2.21. The van der Waals surface area contributed by atoms with Gasteiger partial charge in [0.15, 0.2) is 0 Å². The highest BCUT2D eigenvalue weighted by molar-refractivity contribution is 7.99. The Bertz CT molecular complexity index is 193. The molecule has 94 valence electrons. The highest BCUT2D eigenvalue weighted by Gasteiger charge is 2.15. The molecule has 3 nitrogen and oxygen atoms in total. The second kappa shape index (κ2) is 8.88. The molecule has 16 heavy (non-hydrogen) atoms. The smallest absolute Gasteiger partial charge is 0.221 e. The van der Waals surface area contributed by atoms with Gasteiger partial charge >= 0.3 is 0 Å². The number of carbonyl (C=O) groups is 1. The number of ether oxygens (including phenoxy) is 1. The van der Waals surface area contributed by atoms with Crippen LogP contribution < -0.4 is 5.32 Å². The summed E-state index contributed by atoms with van der Waals surface area (Å²) in [6.45, 7) is 3.73. The summed E-state index contributed by atoms with van der Waals surface area (Å²) in [4.78, 5) is 11.6. The quantitative estimate of drug-likeness (QED) is 0.699. The lowest BCUT2D eigenvalue weighted by Crippen LogP contribution is -2.40. The van der Waals surface area contributed by atoms with Gasteiger partial charge in [-0.3, -0.25) is 4.79 Å². The summed E-state index contributed by atoms with van der Waals surface area (Å²) in [6, 6.07) is 0.252. The number of rotatable bonds is 7. The summed E-state index contributed by atoms with van der Waals surface area (Å²) in [5.74, 6) is 2.30. The summed E-state index contributed by atoms with van der Waals surface area (Å²) in [6.07, 6.45) is 5.26. The zero-order valence-corrected chi connectivity index (χ0v) is 11.0. The molecule has 1 amide bonds. The molecule has 1 atom stereocenters. The van der Waals surface area contributed by atoms with Gasteiger partial charge < -0.3 is 10.1 Å². The SMILES string of the molecule is CCCCSCCC(=O)NC1CCCOC1. The van der Waals surface area contributed by atoms with Gasteiger partial charge in [-0.1, -0.05) is 13.3 Å². The normalized spacial score (nSPS) is 20.7. The molecule has 1 rings (SSSR count). The second-order valence-corrected chi connectivity index (χ2v) is 5.42. The van der Waals surface area contributed by atoms with Gasteiger partial charge in [-0.25, -0.2) is 0 Å². The fourth-order valence-electron chi connectivity index (χ4n) is 1.67. The Morgan fingerprint density at radius 3 is 3.06 bits per heavy atom. The molecule has 0 aromatic rings. The van der Waals surface area contributed by atoms with Gasteiger partial charge in [0.25, 0.3) is 0 Å². The summed E-state index contributed by atoms with van der Waals surface area (Å²) in [5.41, 5.74) is 0. The first-order valence-electron chi connectivity index (χ1n) is 6.27. The average molecular weight is 245 g/mol. The molecule has 0 radical (unpaired) electrons. The van der Waals surface area contributed by atoms with Gasteiger partial charge in [-0.05, 0) is 25.0 Å². The van der Waals surface area contributed by atoms with E-state index in [-0.39, 0.29) is 11.9 Å². The largest absolute Gasteiger partial charge is 0.379 e. The van der Waals surface area contributed by atoms with E-state index in [1.807, 2.05) is 11.8 Å². The van der Waals surface area contributed by atoms with Crippen molar-refractivity contribution in [3.8, 4) is 0 Å². The lowest BCUT2D eigenvalue weighted by molar-refractivity contribution is -0.122. The summed E-state index contributed by atoms with van der Waals surface area (Å²) >= 11 is 1.88. The van der Waals surface area contributed by atoms with Gasteiger partial charge in [-0.15, -0.1) is 0 Å². The van der Waals surface area contributed by atoms with Crippen LogP contribution in [0, 0.1) is 0 Å². The maximum Gasteiger partial charge on any atom is 0.221 e. The molecule has 1 aliphatic heterocycles. The molecule has 0 spiro atoms. The van der Waals surface area contributed by atoms with Crippen LogP contribution >= 0.6 is 11.8 Å². The van der Waals surface area contributed by atoms with Crippen LogP contribution in [0.3, 0.4) is 0 Å². The van der Waals surface area contributed by atoms with E-state index in [1.165, 1.54) is 18.6 Å². The Morgan fingerprint density at radius 2 is 2.38 bits per heavy atom. The number of nitrogens with one attached hydrogen (secondary N) is 1. The first-order chi connectivity index (χ1) is 7.83. The van der Waals surface area contributed by atoms with E-state index < -0.39 is 0 Å². The fraction of sp³-hybridized carbons (Fsp3) is 0.917. The van der Waals surface area contributed by atoms with E-state index in [0.717, 1.165) is 25.2 Å². The minimum Gasteiger partial charge on any atom is -0.379 e. The Hall–Kier alpha value is -0.220. The van der Waals surface area contributed by atoms with E-state index in [1.54, 1.807) is 0 Å². The van der Waals surface area contributed by atoms with Crippen LogP contribution in [0.4, 0.5) is 0 Å². The van der Waals surface area contributed by atoms with Gasteiger partial charge in [-0.2, -0.15) is 11.8 Å². The Labute approximate surface area is 103 Å². The third-order valence-electron chi connectivity index (χ3n) is 2.64. The Morgan fingerprint density at radius 1 is 1.50 bits per heavy atom. The molecule has 1 saturated heterocycles. The van der Waals surface area contributed by atoms with E-state index in [2.05, 4.69) is 12.2 Å². The molecule has 0 aliphatic carbocycles. The number of thioether (sulfide) groups is 1. The van der Waals surface area contributed by atoms with Crippen molar-refractivity contribution in [3.05, 3.63) is 0 Å². The minimum absolute atomic E-state index is 0.180. The predicted molar refractivity (Wildman–Crippen MR) is 68.8 cm³/mol. The summed E-state index contributed by atoms with van der Waals surface area (Å²) < 4.78 is 5.32. The van der Waals surface area contributed by atoms with Crippen molar-refractivity contribution in [2.75, 3.05) is 24.7 Å². The maximum absolute atomic E-state index is 11.6. The first-order valence-corrected chi connectivity index (χ1v) is 7.43. The van der Waals surface area contributed by atoms with Crippen LogP contribution in [-0.4, -0.2) is 36.7 Å². The molecule has 4 heteroatoms. The Kier molecular flexibility index (Phi) is 7.68. The van der Waals surface area contributed by atoms with E-state index in [0.29, 0.717) is 13.0 Å². The third kappa shape index (κ3) is 6.38. The molecule has 0 saturated carbocycles. The van der Waals surface area contributed by atoms with Gasteiger partial charge in [0.2, 0.25) is 5.91 Å². The van der Waals surface area contributed by atoms with Crippen molar-refractivity contribution in [1.82, 2.24) is 5.32 Å². The van der Waals surface area contributed by atoms with Crippen molar-refractivity contribution in [3.63, 3.8) is 0 Å². The minimum atomic E-state index is 0.180. The topological polar surface area (TPSA) is 38.3 Å². The number of carbonyl (C=O) groups excluding carboxylic acids is 1. The molecule has 1 aliphatic rings. The van der Waals surface area contributed by atoms with Crippen LogP contribution in [0.15, 0.2) is 0 Å². The molecule has 0 aromatic carbocycles. The van der Waals surface area contributed by atoms with Crippen LogP contribution in [0.1, 0.15) is 39.0 Å². The standard InChI is InChI=1S/C12H23NO2S/c1-2-3-8-16-9-6-12(14)13-11-5-4-7-15-10-11/h11H,2-10H2,1H3,(H,13,14). The van der Waals surface area contributed by atoms with Crippen LogP contribution in [-0.2, 0) is 9.53 Å². The van der Waals surface area contributed by atoms with Crippen molar-refractivity contribution < 1.29 is 9.53 Å². The molecule has 1 heterocycles. The monoisotopic (exact) mass is 245 g/mol. The highest BCUT2D eigenvalue weighted by atomic mass is 32.2. The molecule has 1 fully saturated rings. The van der Waals surface area contributed by atoms with E-state index in [4.69, 9.17) is 4.74 Å². The summed E-state index contributed by atoms with van der Waals surface area (Å²) in [5, 5.41) is 3.03. The van der Waals surface area contributed by atoms with Crippen molar-refractivity contribution in [1.29, 1.82) is 0 Å². The Balaban J connectivity index is 1.97. The lowest BCUT2D eigenvalue weighted by atomic mass is 10.1. The van der Waals surface area contributed by atoms with Crippen molar-refractivity contribution in [2.45, 2.75) is 45.1 Å².